The molecule has 0 N–H and O–H groups in total. The quantitative estimate of drug-likeness (QED) is 0.0345. The molecular weight excluding hydrogens is 733 g/mol. The van der Waals surface area contributed by atoms with Crippen LogP contribution in [0.3, 0.4) is 0 Å². The summed E-state index contributed by atoms with van der Waals surface area (Å²) in [6, 6.07) is 0. The average Bonchev–Trinajstić information content (AvgIpc) is 3.22. The van der Waals surface area contributed by atoms with E-state index in [-0.39, 0.29) is 31.1 Å². The van der Waals surface area contributed by atoms with Crippen molar-refractivity contribution in [2.24, 2.45) is 5.92 Å². The summed E-state index contributed by atoms with van der Waals surface area (Å²) >= 11 is 0. The zero-order chi connectivity index (χ0) is 43.1. The number of unbranched alkanes of at least 4 members (excludes halogenated alkanes) is 35. The first-order chi connectivity index (χ1) is 28.9. The monoisotopic (exact) mass is 835 g/mol. The van der Waals surface area contributed by atoms with E-state index in [1.54, 1.807) is 0 Å². The summed E-state index contributed by atoms with van der Waals surface area (Å²) in [4.78, 5) is 37.9. The van der Waals surface area contributed by atoms with Crippen LogP contribution in [0.4, 0.5) is 0 Å². The number of rotatable bonds is 48. The van der Waals surface area contributed by atoms with Gasteiger partial charge in [-0.1, -0.05) is 259 Å². The number of carbonyl (C=O) groups is 3. The van der Waals surface area contributed by atoms with Gasteiger partial charge in [-0.25, -0.2) is 0 Å². The Morgan fingerprint density at radius 3 is 0.831 bits per heavy atom. The molecular formula is C53H102O6. The Labute approximate surface area is 368 Å². The van der Waals surface area contributed by atoms with E-state index >= 15 is 0 Å². The fourth-order valence-corrected chi connectivity index (χ4v) is 8.04. The minimum Gasteiger partial charge on any atom is -0.462 e. The first kappa shape index (κ1) is 57.4. The zero-order valence-electron chi connectivity index (χ0n) is 40.2. The van der Waals surface area contributed by atoms with E-state index in [2.05, 4.69) is 27.7 Å². The second-order valence-electron chi connectivity index (χ2n) is 18.6. The third-order valence-corrected chi connectivity index (χ3v) is 12.0. The maximum Gasteiger partial charge on any atom is 0.306 e. The molecule has 0 aliphatic carbocycles. The second kappa shape index (κ2) is 47.5. The lowest BCUT2D eigenvalue weighted by molar-refractivity contribution is -0.167. The number of carbonyl (C=O) groups excluding carboxylic acids is 3. The molecule has 0 rings (SSSR count). The van der Waals surface area contributed by atoms with Gasteiger partial charge in [0.1, 0.15) is 13.2 Å². The molecule has 0 aliphatic rings. The molecule has 59 heavy (non-hydrogen) atoms. The fourth-order valence-electron chi connectivity index (χ4n) is 8.04. The predicted molar refractivity (Wildman–Crippen MR) is 252 cm³/mol. The number of hydrogen-bond acceptors (Lipinski definition) is 6. The Morgan fingerprint density at radius 2 is 0.559 bits per heavy atom. The van der Waals surface area contributed by atoms with Gasteiger partial charge in [0.15, 0.2) is 6.10 Å². The van der Waals surface area contributed by atoms with Gasteiger partial charge >= 0.3 is 17.9 Å². The van der Waals surface area contributed by atoms with Crippen molar-refractivity contribution in [1.82, 2.24) is 0 Å². The molecule has 0 saturated heterocycles. The van der Waals surface area contributed by atoms with Gasteiger partial charge in [-0.2, -0.15) is 0 Å². The molecule has 1 atom stereocenters. The van der Waals surface area contributed by atoms with Gasteiger partial charge in [-0.3, -0.25) is 14.4 Å². The molecule has 0 spiro atoms. The maximum absolute atomic E-state index is 12.8. The van der Waals surface area contributed by atoms with Crippen molar-refractivity contribution in [3.63, 3.8) is 0 Å². The lowest BCUT2D eigenvalue weighted by atomic mass is 10.0. The van der Waals surface area contributed by atoms with Crippen molar-refractivity contribution in [2.75, 3.05) is 13.2 Å². The summed E-state index contributed by atoms with van der Waals surface area (Å²) in [7, 11) is 0. The Kier molecular flexibility index (Phi) is 46.2. The van der Waals surface area contributed by atoms with Crippen molar-refractivity contribution in [3.8, 4) is 0 Å². The van der Waals surface area contributed by atoms with E-state index in [1.165, 1.54) is 193 Å². The van der Waals surface area contributed by atoms with E-state index < -0.39 is 6.10 Å². The van der Waals surface area contributed by atoms with Gasteiger partial charge < -0.3 is 14.2 Å². The molecule has 0 radical (unpaired) electrons. The third-order valence-electron chi connectivity index (χ3n) is 12.0. The summed E-state index contributed by atoms with van der Waals surface area (Å²) in [5, 5.41) is 0. The maximum atomic E-state index is 12.8. The van der Waals surface area contributed by atoms with Crippen LogP contribution in [0, 0.1) is 5.92 Å². The Bertz CT molecular complexity index is 887. The SMILES string of the molecule is CCCCCCCCCCCCCCCCCCCCC(=O)O[C@H](COC(=O)CCCCCCCCCCC)COC(=O)CCCCCCCCCCCCCC(C)C. The van der Waals surface area contributed by atoms with Crippen LogP contribution in [0.2, 0.25) is 0 Å². The van der Waals surface area contributed by atoms with Crippen molar-refractivity contribution in [2.45, 2.75) is 303 Å². The van der Waals surface area contributed by atoms with E-state index in [4.69, 9.17) is 14.2 Å². The first-order valence-corrected chi connectivity index (χ1v) is 26.4. The topological polar surface area (TPSA) is 78.9 Å². The number of esters is 3. The molecule has 350 valence electrons. The fraction of sp³-hybridized carbons (Fsp3) is 0.943. The van der Waals surface area contributed by atoms with Crippen LogP contribution in [0.1, 0.15) is 297 Å². The van der Waals surface area contributed by atoms with Crippen molar-refractivity contribution >= 4 is 17.9 Å². The molecule has 0 aromatic carbocycles. The molecule has 0 bridgehead atoms. The highest BCUT2D eigenvalue weighted by Crippen LogP contribution is 2.17. The lowest BCUT2D eigenvalue weighted by Crippen LogP contribution is -2.30. The van der Waals surface area contributed by atoms with Crippen LogP contribution in [0.5, 0.6) is 0 Å². The summed E-state index contributed by atoms with van der Waals surface area (Å²) in [6.45, 7) is 9.01. The molecule has 0 unspecified atom stereocenters. The number of hydrogen-bond donors (Lipinski definition) is 0. The molecule has 6 nitrogen and oxygen atoms in total. The van der Waals surface area contributed by atoms with Crippen molar-refractivity contribution < 1.29 is 28.6 Å². The Hall–Kier alpha value is -1.59. The standard InChI is InChI=1S/C53H102O6/c1-5-7-9-11-13-15-16-17-18-19-20-21-22-25-30-34-38-42-46-53(56)59-50(47-57-51(54)44-40-36-32-27-14-12-10-8-6-2)48-58-52(55)45-41-37-33-29-26-23-24-28-31-35-39-43-49(3)4/h49-50H,5-48H2,1-4H3/t50-/m1/s1. The van der Waals surface area contributed by atoms with Gasteiger partial charge in [-0.05, 0) is 25.2 Å². The summed E-state index contributed by atoms with van der Waals surface area (Å²) in [5.74, 6) is -0.0194. The highest BCUT2D eigenvalue weighted by molar-refractivity contribution is 5.71. The van der Waals surface area contributed by atoms with Crippen LogP contribution < -0.4 is 0 Å². The van der Waals surface area contributed by atoms with E-state index in [0.29, 0.717) is 19.3 Å². The molecule has 0 aromatic rings. The summed E-state index contributed by atoms with van der Waals surface area (Å²) in [6.07, 6.45) is 49.5. The molecule has 6 heteroatoms. The Morgan fingerprint density at radius 1 is 0.322 bits per heavy atom. The smallest absolute Gasteiger partial charge is 0.306 e. The third kappa shape index (κ3) is 47.3. The highest BCUT2D eigenvalue weighted by atomic mass is 16.6. The first-order valence-electron chi connectivity index (χ1n) is 26.4. The molecule has 0 heterocycles. The molecule has 0 amide bonds. The van der Waals surface area contributed by atoms with Gasteiger partial charge in [0.2, 0.25) is 0 Å². The van der Waals surface area contributed by atoms with E-state index in [0.717, 1.165) is 63.7 Å². The lowest BCUT2D eigenvalue weighted by Gasteiger charge is -2.18. The minimum atomic E-state index is -0.760. The zero-order valence-corrected chi connectivity index (χ0v) is 40.2. The van der Waals surface area contributed by atoms with Gasteiger partial charge in [0.05, 0.1) is 0 Å². The summed E-state index contributed by atoms with van der Waals surface area (Å²) in [5.41, 5.74) is 0. The van der Waals surface area contributed by atoms with Crippen LogP contribution in [0.15, 0.2) is 0 Å². The van der Waals surface area contributed by atoms with E-state index in [1.807, 2.05) is 0 Å². The van der Waals surface area contributed by atoms with Crippen molar-refractivity contribution in [3.05, 3.63) is 0 Å². The van der Waals surface area contributed by atoms with Crippen LogP contribution in [-0.2, 0) is 28.6 Å². The molecule has 0 aliphatic heterocycles. The van der Waals surface area contributed by atoms with Crippen molar-refractivity contribution in [1.29, 1.82) is 0 Å². The van der Waals surface area contributed by atoms with Crippen LogP contribution >= 0.6 is 0 Å². The van der Waals surface area contributed by atoms with Gasteiger partial charge in [0.25, 0.3) is 0 Å². The molecule has 0 aromatic heterocycles. The van der Waals surface area contributed by atoms with E-state index in [9.17, 15) is 14.4 Å². The molecule has 0 saturated carbocycles. The second-order valence-corrected chi connectivity index (χ2v) is 18.6. The van der Waals surface area contributed by atoms with Gasteiger partial charge in [-0.15, -0.1) is 0 Å². The van der Waals surface area contributed by atoms with Crippen LogP contribution in [-0.4, -0.2) is 37.2 Å². The molecule has 0 fully saturated rings. The van der Waals surface area contributed by atoms with Gasteiger partial charge in [0, 0.05) is 19.3 Å². The number of ether oxygens (including phenoxy) is 3. The largest absolute Gasteiger partial charge is 0.462 e. The predicted octanol–water partition coefficient (Wildman–Crippen LogP) is 17.1. The Balaban J connectivity index is 4.24. The highest BCUT2D eigenvalue weighted by Gasteiger charge is 2.19. The average molecular weight is 835 g/mol. The summed E-state index contributed by atoms with van der Waals surface area (Å²) < 4.78 is 16.8. The minimum absolute atomic E-state index is 0.0630. The normalized spacial score (nSPS) is 11.9. The van der Waals surface area contributed by atoms with Crippen LogP contribution in [0.25, 0.3) is 0 Å².